The Labute approximate surface area is 284 Å². The molecule has 1 saturated heterocycles. The Kier molecular flexibility index (Phi) is 10.6. The van der Waals surface area contributed by atoms with E-state index in [1.165, 1.54) is 10.8 Å². The quantitative estimate of drug-likeness (QED) is 0.247. The molecule has 270 valence electrons. The monoisotopic (exact) mass is 733 g/mol. The van der Waals surface area contributed by atoms with Crippen molar-refractivity contribution >= 4 is 35.1 Å². The van der Waals surface area contributed by atoms with Crippen molar-refractivity contribution in [1.82, 2.24) is 9.55 Å². The van der Waals surface area contributed by atoms with E-state index in [1.807, 2.05) is 33.9 Å². The summed E-state index contributed by atoms with van der Waals surface area (Å²) in [6, 6.07) is 0. The molecule has 0 radical (unpaired) electrons. The van der Waals surface area contributed by atoms with Gasteiger partial charge in [0.05, 0.1) is 23.8 Å². The highest BCUT2D eigenvalue weighted by atomic mass is 32.2. The van der Waals surface area contributed by atoms with Crippen LogP contribution in [0.4, 0.5) is 0 Å². The molecule has 1 fully saturated rings. The van der Waals surface area contributed by atoms with Gasteiger partial charge in [-0.25, -0.2) is 8.98 Å². The molecule has 1 aromatic rings. The van der Waals surface area contributed by atoms with Crippen molar-refractivity contribution in [2.24, 2.45) is 5.73 Å². The van der Waals surface area contributed by atoms with Crippen LogP contribution in [0.15, 0.2) is 26.9 Å². The van der Waals surface area contributed by atoms with Crippen molar-refractivity contribution in [3.63, 3.8) is 0 Å². The van der Waals surface area contributed by atoms with Gasteiger partial charge in [0.25, 0.3) is 15.7 Å². The number of hydrogen-bond acceptors (Lipinski definition) is 10. The van der Waals surface area contributed by atoms with Gasteiger partial charge in [0.2, 0.25) is 0 Å². The van der Waals surface area contributed by atoms with Gasteiger partial charge in [-0.05, 0) is 61.3 Å². The lowest BCUT2D eigenvalue weighted by atomic mass is 9.86. The van der Waals surface area contributed by atoms with Gasteiger partial charge in [0, 0.05) is 11.8 Å². The molecular weight excluding hydrogens is 675 g/mol. The first-order valence-corrected chi connectivity index (χ1v) is 26.4. The second-order valence-electron chi connectivity index (χ2n) is 17.7. The fraction of sp³-hybridized carbons (Fsp3) is 0.806. The average Bonchev–Trinajstić information content (AvgIpc) is 3.28. The van der Waals surface area contributed by atoms with Crippen LogP contribution in [0.1, 0.15) is 74.1 Å². The minimum absolute atomic E-state index is 0.0607. The van der Waals surface area contributed by atoms with Gasteiger partial charge < -0.3 is 23.7 Å². The summed E-state index contributed by atoms with van der Waals surface area (Å²) in [7, 11) is -12.0. The molecule has 5 atom stereocenters. The Morgan fingerprint density at radius 2 is 1.45 bits per heavy atom. The van der Waals surface area contributed by atoms with E-state index in [4.69, 9.17) is 27.9 Å². The lowest BCUT2D eigenvalue weighted by Crippen LogP contribution is -2.62. The fourth-order valence-electron chi connectivity index (χ4n) is 4.87. The van der Waals surface area contributed by atoms with Gasteiger partial charge in [0.15, 0.2) is 36.8 Å². The molecule has 0 saturated carbocycles. The highest BCUT2D eigenvalue weighted by molar-refractivity contribution is 7.90. The maximum Gasteiger partial charge on any atom is 0.330 e. The van der Waals surface area contributed by atoms with Crippen molar-refractivity contribution in [3.8, 4) is 0 Å². The number of aromatic nitrogens is 2. The van der Waals surface area contributed by atoms with Crippen LogP contribution in [0.3, 0.4) is 0 Å². The summed E-state index contributed by atoms with van der Waals surface area (Å²) in [4.78, 5) is 28.2. The first-order chi connectivity index (χ1) is 20.8. The lowest BCUT2D eigenvalue weighted by Gasteiger charge is -2.46. The van der Waals surface area contributed by atoms with E-state index >= 15 is 0 Å². The third kappa shape index (κ3) is 7.70. The molecule has 1 spiro atoms. The molecule has 0 amide bonds. The van der Waals surface area contributed by atoms with Gasteiger partial charge in [-0.1, -0.05) is 62.3 Å². The lowest BCUT2D eigenvalue weighted by molar-refractivity contribution is -0.101. The number of ether oxygens (including phenoxy) is 1. The molecule has 3 rings (SSSR count). The van der Waals surface area contributed by atoms with Crippen LogP contribution in [0.2, 0.25) is 54.4 Å². The van der Waals surface area contributed by atoms with Gasteiger partial charge in [0.1, 0.15) is 12.2 Å². The van der Waals surface area contributed by atoms with Crippen LogP contribution in [0.25, 0.3) is 0 Å². The topological polar surface area (TPSA) is 161 Å². The Hall–Kier alpha value is -1.38. The molecular formula is C31H59N3O9SSi3. The molecule has 3 heterocycles. The number of hydrogen-bond donors (Lipinski definition) is 2. The molecule has 3 N–H and O–H groups in total. The predicted octanol–water partition coefficient (Wildman–Crippen LogP) is 5.44. The highest BCUT2D eigenvalue weighted by Gasteiger charge is 2.69. The van der Waals surface area contributed by atoms with E-state index < -0.39 is 76.5 Å². The second-order valence-corrected chi connectivity index (χ2v) is 33.4. The average molecular weight is 734 g/mol. The molecule has 47 heavy (non-hydrogen) atoms. The fourth-order valence-corrected chi connectivity index (χ4v) is 9.68. The first kappa shape index (κ1) is 40.1. The number of nitrogens with one attached hydrogen (secondary N) is 1. The number of rotatable bonds is 9. The predicted molar refractivity (Wildman–Crippen MR) is 192 cm³/mol. The zero-order valence-corrected chi connectivity index (χ0v) is 35.1. The van der Waals surface area contributed by atoms with Crippen LogP contribution in [-0.4, -0.2) is 73.4 Å². The third-order valence-corrected chi connectivity index (χ3v) is 25.5. The third-order valence-electron chi connectivity index (χ3n) is 11.0. The van der Waals surface area contributed by atoms with Gasteiger partial charge in [-0.15, -0.1) is 0 Å². The molecule has 12 nitrogen and oxygen atoms in total. The smallest absolute Gasteiger partial charge is 0.330 e. The van der Waals surface area contributed by atoms with E-state index in [0.29, 0.717) is 0 Å². The van der Waals surface area contributed by atoms with Crippen molar-refractivity contribution in [2.75, 3.05) is 6.61 Å². The van der Waals surface area contributed by atoms with E-state index in [0.717, 1.165) is 5.41 Å². The molecule has 2 unspecified atom stereocenters. The van der Waals surface area contributed by atoms with E-state index in [2.05, 4.69) is 72.7 Å². The molecule has 2 aliphatic rings. The number of nitrogens with two attached hydrogens (primary N) is 1. The van der Waals surface area contributed by atoms with Crippen LogP contribution in [0.5, 0.6) is 0 Å². The van der Waals surface area contributed by atoms with Crippen LogP contribution < -0.4 is 17.0 Å². The Morgan fingerprint density at radius 1 is 0.936 bits per heavy atom. The zero-order chi connectivity index (χ0) is 36.6. The van der Waals surface area contributed by atoms with E-state index in [1.54, 1.807) is 6.92 Å². The standard InChI is InChI=1S/C31H59N3O9SSi3/c1-20-17-34(27(36)33-25(20)35)26-24(42-47(15,16)30(8,9)10)31(22(32)19-44(37,38)43-31)23(40-26)21(41-46(13,14)29(5,6)7)18-39-45(11,12)28(2,3)4/h17,19,21,23-24,26H,18,32H2,1-16H3,(H,33,35,36)/t21?,23-,24+,26-,31?/m1/s1. The van der Waals surface area contributed by atoms with Crippen molar-refractivity contribution < 1.29 is 30.6 Å². The summed E-state index contributed by atoms with van der Waals surface area (Å²) < 4.78 is 61.6. The molecule has 0 aromatic carbocycles. The highest BCUT2D eigenvalue weighted by Crippen LogP contribution is 2.53. The molecule has 16 heteroatoms. The maximum atomic E-state index is 13.4. The summed E-state index contributed by atoms with van der Waals surface area (Å²) in [6.45, 7) is 33.0. The van der Waals surface area contributed by atoms with E-state index in [-0.39, 0.29) is 33.0 Å². The van der Waals surface area contributed by atoms with Gasteiger partial charge in [-0.3, -0.25) is 14.3 Å². The first-order valence-electron chi connectivity index (χ1n) is 16.2. The minimum atomic E-state index is -4.30. The van der Waals surface area contributed by atoms with E-state index in [9.17, 15) is 18.0 Å². The normalized spacial score (nSPS) is 26.6. The number of H-pyrrole nitrogens is 1. The zero-order valence-electron chi connectivity index (χ0n) is 31.3. The molecule has 0 bridgehead atoms. The maximum absolute atomic E-state index is 13.4. The largest absolute Gasteiger partial charge is 0.414 e. The van der Waals surface area contributed by atoms with Crippen LogP contribution in [0, 0.1) is 6.92 Å². The summed E-state index contributed by atoms with van der Waals surface area (Å²) in [5.41, 5.74) is 3.67. The summed E-state index contributed by atoms with van der Waals surface area (Å²) in [5, 5.41) is 0.196. The van der Waals surface area contributed by atoms with Crippen LogP contribution in [-0.2, 0) is 32.3 Å². The van der Waals surface area contributed by atoms with Crippen molar-refractivity contribution in [2.45, 2.75) is 154 Å². The number of nitrogens with zero attached hydrogens (tertiary/aromatic N) is 1. The molecule has 2 aliphatic heterocycles. The number of aromatic amines is 1. The Morgan fingerprint density at radius 3 is 1.89 bits per heavy atom. The van der Waals surface area contributed by atoms with Gasteiger partial charge >= 0.3 is 5.69 Å². The Bertz CT molecular complexity index is 1600. The van der Waals surface area contributed by atoms with Crippen molar-refractivity contribution in [1.29, 1.82) is 0 Å². The van der Waals surface area contributed by atoms with Crippen molar-refractivity contribution in [3.05, 3.63) is 43.7 Å². The minimum Gasteiger partial charge on any atom is -0.414 e. The molecule has 1 aromatic heterocycles. The Balaban J connectivity index is 2.39. The number of aryl methyl sites for hydroxylation is 1. The molecule has 0 aliphatic carbocycles. The summed E-state index contributed by atoms with van der Waals surface area (Å²) >= 11 is 0. The van der Waals surface area contributed by atoms with Crippen LogP contribution >= 0.6 is 0 Å². The van der Waals surface area contributed by atoms with Gasteiger partial charge in [-0.2, -0.15) is 8.42 Å². The second kappa shape index (κ2) is 12.4. The SMILES string of the molecule is Cc1cn([C@@H]2O[C@H](C(CO[Si](C)(C)C(C)(C)C)O[Si](C)(C)C(C)(C)C)C3(OS(=O)(=O)C=C3N)[C@H]2O[Si](C)(C)C(C)(C)C)c(=O)[nH]c1=O. The summed E-state index contributed by atoms with van der Waals surface area (Å²) in [6.07, 6.45) is -3.13. The summed E-state index contributed by atoms with van der Waals surface area (Å²) in [5.74, 6) is 0.